The molecule has 0 saturated carbocycles. The molecular weight excluding hydrogens is 323 g/mol. The summed E-state index contributed by atoms with van der Waals surface area (Å²) in [6.45, 7) is 3.06. The average molecular weight is 341 g/mol. The van der Waals surface area contributed by atoms with Crippen LogP contribution in [0.1, 0.15) is 28.2 Å². The molecule has 2 aromatic rings. The lowest BCUT2D eigenvalue weighted by Gasteiger charge is -2.15. The summed E-state index contributed by atoms with van der Waals surface area (Å²) < 4.78 is 0. The maximum Gasteiger partial charge on any atom is 0.0694 e. The van der Waals surface area contributed by atoms with Crippen LogP contribution >= 0.6 is 36.2 Å². The molecule has 112 valence electrons. The van der Waals surface area contributed by atoms with E-state index in [-0.39, 0.29) is 24.8 Å². The van der Waals surface area contributed by atoms with E-state index in [0.717, 1.165) is 30.7 Å². The first-order valence-electron chi connectivity index (χ1n) is 6.55. The predicted molar refractivity (Wildman–Crippen MR) is 96.4 cm³/mol. The van der Waals surface area contributed by atoms with Crippen LogP contribution in [0.5, 0.6) is 0 Å². The van der Waals surface area contributed by atoms with Crippen LogP contribution in [0.3, 0.4) is 0 Å². The molecule has 3 heterocycles. The van der Waals surface area contributed by atoms with Gasteiger partial charge in [-0.3, -0.25) is 9.98 Å². The molecular formula is C16H18Cl2N2S. The Labute approximate surface area is 141 Å². The molecule has 0 atom stereocenters. The van der Waals surface area contributed by atoms with Crippen molar-refractivity contribution in [3.8, 4) is 0 Å². The zero-order valence-corrected chi connectivity index (χ0v) is 14.2. The number of thiophene rings is 1. The molecule has 0 N–H and O–H groups in total. The van der Waals surface area contributed by atoms with Crippen molar-refractivity contribution in [2.45, 2.75) is 19.8 Å². The van der Waals surface area contributed by atoms with Crippen molar-refractivity contribution < 1.29 is 0 Å². The Morgan fingerprint density at radius 2 is 2.05 bits per heavy atom. The first kappa shape index (κ1) is 17.9. The molecule has 21 heavy (non-hydrogen) atoms. The molecule has 0 aliphatic carbocycles. The maximum absolute atomic E-state index is 4.70. The zero-order chi connectivity index (χ0) is 13.1. The maximum atomic E-state index is 4.70. The SMILES string of the molecule is Cc1ccc(/C=C2\CCCN=C2c2cccnc2)s1.Cl.Cl. The van der Waals surface area contributed by atoms with Crippen LogP contribution < -0.4 is 0 Å². The highest BCUT2D eigenvalue weighted by Gasteiger charge is 2.14. The first-order chi connectivity index (χ1) is 9.33. The Kier molecular flexibility index (Phi) is 7.09. The summed E-state index contributed by atoms with van der Waals surface area (Å²) in [5, 5.41) is 0. The third kappa shape index (κ3) is 4.40. The van der Waals surface area contributed by atoms with Gasteiger partial charge in [0.15, 0.2) is 0 Å². The topological polar surface area (TPSA) is 25.2 Å². The minimum Gasteiger partial charge on any atom is -0.284 e. The van der Waals surface area contributed by atoms with Crippen molar-refractivity contribution in [1.29, 1.82) is 0 Å². The second kappa shape index (κ2) is 8.32. The summed E-state index contributed by atoms with van der Waals surface area (Å²) in [5.74, 6) is 0. The Morgan fingerprint density at radius 3 is 2.71 bits per heavy atom. The Balaban J connectivity index is 0.00000110. The van der Waals surface area contributed by atoms with Gasteiger partial charge >= 0.3 is 0 Å². The van der Waals surface area contributed by atoms with Crippen molar-refractivity contribution in [2.75, 3.05) is 6.54 Å². The molecule has 3 rings (SSSR count). The third-order valence-corrected chi connectivity index (χ3v) is 4.14. The van der Waals surface area contributed by atoms with E-state index in [1.54, 1.807) is 6.20 Å². The predicted octanol–water partition coefficient (Wildman–Crippen LogP) is 4.96. The molecule has 0 aromatic carbocycles. The lowest BCUT2D eigenvalue weighted by molar-refractivity contribution is 0.818. The van der Waals surface area contributed by atoms with Gasteiger partial charge in [0.25, 0.3) is 0 Å². The molecule has 2 nitrogen and oxygen atoms in total. The Bertz CT molecular complexity index is 633. The molecule has 0 unspecified atom stereocenters. The fourth-order valence-electron chi connectivity index (χ4n) is 2.30. The minimum atomic E-state index is 0. The Morgan fingerprint density at radius 1 is 1.19 bits per heavy atom. The van der Waals surface area contributed by atoms with Crippen LogP contribution in [0, 0.1) is 6.92 Å². The van der Waals surface area contributed by atoms with Gasteiger partial charge < -0.3 is 0 Å². The molecule has 1 aliphatic rings. The van der Waals surface area contributed by atoms with Crippen LogP contribution in [0.2, 0.25) is 0 Å². The average Bonchev–Trinajstić information content (AvgIpc) is 2.86. The highest BCUT2D eigenvalue weighted by atomic mass is 35.5. The van der Waals surface area contributed by atoms with Gasteiger partial charge in [0.1, 0.15) is 0 Å². The van der Waals surface area contributed by atoms with E-state index in [1.165, 1.54) is 15.3 Å². The van der Waals surface area contributed by atoms with Crippen molar-refractivity contribution in [1.82, 2.24) is 4.98 Å². The van der Waals surface area contributed by atoms with Gasteiger partial charge in [-0.2, -0.15) is 0 Å². The first-order valence-corrected chi connectivity index (χ1v) is 7.37. The number of aryl methyl sites for hydroxylation is 1. The van der Waals surface area contributed by atoms with Crippen LogP contribution in [0.25, 0.3) is 6.08 Å². The van der Waals surface area contributed by atoms with Crippen molar-refractivity contribution in [2.24, 2.45) is 4.99 Å². The second-order valence-corrected chi connectivity index (χ2v) is 6.01. The molecule has 0 spiro atoms. The van der Waals surface area contributed by atoms with Crippen LogP contribution in [-0.4, -0.2) is 17.2 Å². The summed E-state index contributed by atoms with van der Waals surface area (Å²) in [7, 11) is 0. The number of hydrogen-bond acceptors (Lipinski definition) is 3. The van der Waals surface area contributed by atoms with E-state index >= 15 is 0 Å². The standard InChI is InChI=1S/C16H16N2S.2ClH/c1-12-6-7-15(19-12)10-13-4-3-9-18-16(13)14-5-2-8-17-11-14;;/h2,5-8,10-11H,3-4,9H2,1H3;2*1H/b13-10+;;. The smallest absolute Gasteiger partial charge is 0.0694 e. The van der Waals surface area contributed by atoms with Crippen molar-refractivity contribution in [3.63, 3.8) is 0 Å². The molecule has 0 radical (unpaired) electrons. The highest BCUT2D eigenvalue weighted by molar-refractivity contribution is 7.12. The summed E-state index contributed by atoms with van der Waals surface area (Å²) in [4.78, 5) is 11.6. The summed E-state index contributed by atoms with van der Waals surface area (Å²) >= 11 is 1.83. The van der Waals surface area contributed by atoms with Crippen LogP contribution in [0.4, 0.5) is 0 Å². The minimum absolute atomic E-state index is 0. The van der Waals surface area contributed by atoms with E-state index in [0.29, 0.717) is 0 Å². The molecule has 1 aliphatic heterocycles. The fourth-order valence-corrected chi connectivity index (χ4v) is 3.15. The lowest BCUT2D eigenvalue weighted by atomic mass is 9.96. The lowest BCUT2D eigenvalue weighted by Crippen LogP contribution is -2.11. The normalized spacial score (nSPS) is 15.9. The zero-order valence-electron chi connectivity index (χ0n) is 11.8. The highest BCUT2D eigenvalue weighted by Crippen LogP contribution is 2.24. The molecule has 2 aromatic heterocycles. The van der Waals surface area contributed by atoms with Crippen molar-refractivity contribution >= 4 is 47.9 Å². The quantitative estimate of drug-likeness (QED) is 0.758. The Hall–Kier alpha value is -1.16. The van der Waals surface area contributed by atoms with Gasteiger partial charge in [0, 0.05) is 34.3 Å². The number of pyridine rings is 1. The third-order valence-electron chi connectivity index (χ3n) is 3.19. The largest absolute Gasteiger partial charge is 0.284 e. The van der Waals surface area contributed by atoms with E-state index in [2.05, 4.69) is 36.2 Å². The molecule has 0 saturated heterocycles. The van der Waals surface area contributed by atoms with Gasteiger partial charge in [0.05, 0.1) is 5.71 Å². The number of halogens is 2. The van der Waals surface area contributed by atoms with Gasteiger partial charge in [0.2, 0.25) is 0 Å². The monoisotopic (exact) mass is 340 g/mol. The summed E-state index contributed by atoms with van der Waals surface area (Å²) in [6.07, 6.45) is 8.23. The number of aromatic nitrogens is 1. The van der Waals surface area contributed by atoms with Gasteiger partial charge in [-0.05, 0) is 55.7 Å². The van der Waals surface area contributed by atoms with Gasteiger partial charge in [-0.1, -0.05) is 0 Å². The summed E-state index contributed by atoms with van der Waals surface area (Å²) in [6, 6.07) is 8.41. The number of nitrogens with zero attached hydrogens (tertiary/aromatic N) is 2. The number of aliphatic imine (C=N–C) groups is 1. The molecule has 0 amide bonds. The van der Waals surface area contributed by atoms with Crippen LogP contribution in [0.15, 0.2) is 47.2 Å². The number of rotatable bonds is 2. The van der Waals surface area contributed by atoms with Crippen LogP contribution in [-0.2, 0) is 0 Å². The second-order valence-electron chi connectivity index (χ2n) is 4.69. The van der Waals surface area contributed by atoms with Gasteiger partial charge in [-0.15, -0.1) is 36.2 Å². The molecule has 5 heteroatoms. The number of allylic oxidation sites excluding steroid dienone is 1. The van der Waals surface area contributed by atoms with Crippen molar-refractivity contribution in [3.05, 3.63) is 57.6 Å². The van der Waals surface area contributed by atoms with E-state index in [9.17, 15) is 0 Å². The molecule has 0 bridgehead atoms. The summed E-state index contributed by atoms with van der Waals surface area (Å²) in [5.41, 5.74) is 3.58. The van der Waals surface area contributed by atoms with E-state index in [4.69, 9.17) is 4.99 Å². The number of hydrogen-bond donors (Lipinski definition) is 0. The fraction of sp³-hybridized carbons (Fsp3) is 0.250. The van der Waals surface area contributed by atoms with Gasteiger partial charge in [-0.25, -0.2) is 0 Å². The van der Waals surface area contributed by atoms with E-state index in [1.807, 2.05) is 23.6 Å². The van der Waals surface area contributed by atoms with E-state index < -0.39 is 0 Å². The molecule has 0 fully saturated rings.